The molecule has 0 bridgehead atoms. The van der Waals surface area contributed by atoms with Crippen LogP contribution in [0.15, 0.2) is 6.20 Å². The molecular weight excluding hydrogens is 226 g/mol. The van der Waals surface area contributed by atoms with Crippen LogP contribution in [-0.2, 0) is 6.54 Å². The molecular formula is C14H27N3O. The lowest BCUT2D eigenvalue weighted by Gasteiger charge is -2.25. The van der Waals surface area contributed by atoms with Gasteiger partial charge in [-0.2, -0.15) is 5.10 Å². The highest BCUT2D eigenvalue weighted by Crippen LogP contribution is 2.31. The molecule has 0 saturated carbocycles. The first-order valence-corrected chi connectivity index (χ1v) is 7.02. The van der Waals surface area contributed by atoms with Crippen LogP contribution in [0.3, 0.4) is 0 Å². The highest BCUT2D eigenvalue weighted by atomic mass is 16.5. The van der Waals surface area contributed by atoms with E-state index < -0.39 is 0 Å². The van der Waals surface area contributed by atoms with E-state index in [2.05, 4.69) is 38.1 Å². The van der Waals surface area contributed by atoms with E-state index in [9.17, 15) is 0 Å². The zero-order valence-corrected chi connectivity index (χ0v) is 12.4. The van der Waals surface area contributed by atoms with E-state index >= 15 is 0 Å². The fourth-order valence-corrected chi connectivity index (χ4v) is 2.20. The Morgan fingerprint density at radius 3 is 2.61 bits per heavy atom. The minimum atomic E-state index is 0.312. The van der Waals surface area contributed by atoms with Crippen molar-refractivity contribution in [3.8, 4) is 5.75 Å². The predicted octanol–water partition coefficient (Wildman–Crippen LogP) is 3.00. The van der Waals surface area contributed by atoms with Gasteiger partial charge >= 0.3 is 0 Å². The molecule has 1 rings (SSSR count). The minimum absolute atomic E-state index is 0.312. The van der Waals surface area contributed by atoms with Crippen molar-refractivity contribution in [3.63, 3.8) is 0 Å². The molecule has 0 aliphatic rings. The molecule has 2 atom stereocenters. The maximum atomic E-state index is 5.46. The lowest BCUT2D eigenvalue weighted by molar-refractivity contribution is 0.333. The number of nitrogens with one attached hydrogen (secondary N) is 1. The van der Waals surface area contributed by atoms with Crippen LogP contribution < -0.4 is 10.1 Å². The highest BCUT2D eigenvalue weighted by Gasteiger charge is 2.25. The third-order valence-electron chi connectivity index (χ3n) is 3.49. The number of hydrogen-bond acceptors (Lipinski definition) is 3. The van der Waals surface area contributed by atoms with Crippen molar-refractivity contribution in [2.45, 2.75) is 53.1 Å². The van der Waals surface area contributed by atoms with Crippen molar-refractivity contribution >= 4 is 0 Å². The molecule has 0 saturated heterocycles. The first-order chi connectivity index (χ1) is 8.69. The SMILES string of the molecule is CCCNC(c1c(OC)cnn1CC)C(C)CC. The van der Waals surface area contributed by atoms with E-state index in [1.54, 1.807) is 7.11 Å². The quantitative estimate of drug-likeness (QED) is 0.774. The van der Waals surface area contributed by atoms with Crippen molar-refractivity contribution in [2.75, 3.05) is 13.7 Å². The van der Waals surface area contributed by atoms with Gasteiger partial charge in [0.15, 0.2) is 5.75 Å². The summed E-state index contributed by atoms with van der Waals surface area (Å²) in [5.41, 5.74) is 1.18. The van der Waals surface area contributed by atoms with Gasteiger partial charge in [0.05, 0.1) is 25.0 Å². The summed E-state index contributed by atoms with van der Waals surface area (Å²) in [7, 11) is 1.72. The Morgan fingerprint density at radius 1 is 1.39 bits per heavy atom. The summed E-state index contributed by atoms with van der Waals surface area (Å²) in [5, 5.41) is 8.03. The van der Waals surface area contributed by atoms with Gasteiger partial charge < -0.3 is 10.1 Å². The summed E-state index contributed by atoms with van der Waals surface area (Å²) in [6.45, 7) is 10.7. The Labute approximate surface area is 111 Å². The smallest absolute Gasteiger partial charge is 0.161 e. The fourth-order valence-electron chi connectivity index (χ4n) is 2.20. The summed E-state index contributed by atoms with van der Waals surface area (Å²) in [6.07, 6.45) is 4.09. The molecule has 0 aromatic carbocycles. The number of aromatic nitrogens is 2. The zero-order valence-electron chi connectivity index (χ0n) is 12.4. The highest BCUT2D eigenvalue weighted by molar-refractivity contribution is 5.28. The zero-order chi connectivity index (χ0) is 13.5. The second-order valence-corrected chi connectivity index (χ2v) is 4.73. The number of hydrogen-bond donors (Lipinski definition) is 1. The van der Waals surface area contributed by atoms with Crippen molar-refractivity contribution in [2.24, 2.45) is 5.92 Å². The molecule has 0 amide bonds. The minimum Gasteiger partial charge on any atom is -0.493 e. The van der Waals surface area contributed by atoms with Crippen LogP contribution in [-0.4, -0.2) is 23.4 Å². The lowest BCUT2D eigenvalue weighted by Crippen LogP contribution is -2.30. The summed E-state index contributed by atoms with van der Waals surface area (Å²) < 4.78 is 7.50. The average molecular weight is 253 g/mol. The molecule has 0 spiro atoms. The number of ether oxygens (including phenoxy) is 1. The molecule has 1 N–H and O–H groups in total. The second-order valence-electron chi connectivity index (χ2n) is 4.73. The van der Waals surface area contributed by atoms with Gasteiger partial charge in [0.1, 0.15) is 0 Å². The van der Waals surface area contributed by atoms with Gasteiger partial charge in [0.2, 0.25) is 0 Å². The third-order valence-corrected chi connectivity index (χ3v) is 3.49. The van der Waals surface area contributed by atoms with Crippen LogP contribution in [0.5, 0.6) is 5.75 Å². The Morgan fingerprint density at radius 2 is 2.11 bits per heavy atom. The van der Waals surface area contributed by atoms with Gasteiger partial charge in [-0.1, -0.05) is 27.2 Å². The van der Waals surface area contributed by atoms with E-state index in [-0.39, 0.29) is 0 Å². The first-order valence-electron chi connectivity index (χ1n) is 7.02. The van der Waals surface area contributed by atoms with Crippen LogP contribution in [0.2, 0.25) is 0 Å². The lowest BCUT2D eigenvalue weighted by atomic mass is 9.95. The van der Waals surface area contributed by atoms with Gasteiger partial charge in [-0.3, -0.25) is 4.68 Å². The number of aryl methyl sites for hydroxylation is 1. The summed E-state index contributed by atoms with van der Waals surface area (Å²) in [6, 6.07) is 0.312. The Hall–Kier alpha value is -1.03. The topological polar surface area (TPSA) is 39.1 Å². The number of nitrogens with zero attached hydrogens (tertiary/aromatic N) is 2. The van der Waals surface area contributed by atoms with Crippen LogP contribution in [0.1, 0.15) is 52.3 Å². The van der Waals surface area contributed by atoms with Crippen LogP contribution in [0.4, 0.5) is 0 Å². The van der Waals surface area contributed by atoms with Gasteiger partial charge in [-0.25, -0.2) is 0 Å². The van der Waals surface area contributed by atoms with Gasteiger partial charge in [-0.05, 0) is 25.8 Å². The monoisotopic (exact) mass is 253 g/mol. The Kier molecular flexibility index (Phi) is 6.19. The summed E-state index contributed by atoms with van der Waals surface area (Å²) in [4.78, 5) is 0. The van der Waals surface area contributed by atoms with Gasteiger partial charge in [-0.15, -0.1) is 0 Å². The number of rotatable bonds is 8. The first kappa shape index (κ1) is 15.0. The second kappa shape index (κ2) is 7.41. The van der Waals surface area contributed by atoms with E-state index in [1.807, 2.05) is 10.9 Å². The maximum Gasteiger partial charge on any atom is 0.161 e. The molecule has 4 nitrogen and oxygen atoms in total. The van der Waals surface area contributed by atoms with Crippen molar-refractivity contribution in [1.82, 2.24) is 15.1 Å². The molecule has 18 heavy (non-hydrogen) atoms. The van der Waals surface area contributed by atoms with Crippen LogP contribution in [0.25, 0.3) is 0 Å². The molecule has 0 aliphatic heterocycles. The molecule has 104 valence electrons. The molecule has 0 aliphatic carbocycles. The molecule has 1 heterocycles. The standard InChI is InChI=1S/C14H27N3O/c1-6-9-15-13(11(4)7-2)14-12(18-5)10-16-17(14)8-3/h10-11,13,15H,6-9H2,1-5H3. The van der Waals surface area contributed by atoms with Crippen molar-refractivity contribution < 1.29 is 4.74 Å². The number of methoxy groups -OCH3 is 1. The largest absolute Gasteiger partial charge is 0.493 e. The maximum absolute atomic E-state index is 5.46. The van der Waals surface area contributed by atoms with E-state index in [4.69, 9.17) is 4.74 Å². The Balaban J connectivity index is 3.05. The predicted molar refractivity (Wildman–Crippen MR) is 74.9 cm³/mol. The van der Waals surface area contributed by atoms with E-state index in [0.29, 0.717) is 12.0 Å². The molecule has 1 aromatic heterocycles. The van der Waals surface area contributed by atoms with E-state index in [0.717, 1.165) is 31.7 Å². The van der Waals surface area contributed by atoms with Crippen molar-refractivity contribution in [1.29, 1.82) is 0 Å². The molecule has 2 unspecified atom stereocenters. The molecule has 0 radical (unpaired) electrons. The van der Waals surface area contributed by atoms with Crippen LogP contribution >= 0.6 is 0 Å². The van der Waals surface area contributed by atoms with Crippen LogP contribution in [0, 0.1) is 5.92 Å². The normalized spacial score (nSPS) is 14.5. The van der Waals surface area contributed by atoms with Gasteiger partial charge in [0, 0.05) is 6.54 Å². The van der Waals surface area contributed by atoms with E-state index in [1.165, 1.54) is 5.69 Å². The van der Waals surface area contributed by atoms with Crippen molar-refractivity contribution in [3.05, 3.63) is 11.9 Å². The summed E-state index contributed by atoms with van der Waals surface area (Å²) in [5.74, 6) is 1.46. The third kappa shape index (κ3) is 3.25. The average Bonchev–Trinajstić information content (AvgIpc) is 2.81. The fraction of sp³-hybridized carbons (Fsp3) is 0.786. The molecule has 4 heteroatoms. The Bertz CT molecular complexity index is 327. The summed E-state index contributed by atoms with van der Waals surface area (Å²) >= 11 is 0. The molecule has 1 aromatic rings. The van der Waals surface area contributed by atoms with Gasteiger partial charge in [0.25, 0.3) is 0 Å². The molecule has 0 fully saturated rings.